The topological polar surface area (TPSA) is 114 Å². The van der Waals surface area contributed by atoms with E-state index in [4.69, 9.17) is 4.74 Å². The fraction of sp³-hybridized carbons (Fsp3) is 0.421. The van der Waals surface area contributed by atoms with Crippen LogP contribution in [0.25, 0.3) is 0 Å². The normalized spacial score (nSPS) is 15.6. The third-order valence-corrected chi connectivity index (χ3v) is 7.24. The summed E-state index contributed by atoms with van der Waals surface area (Å²) in [7, 11) is -1.63. The molecule has 2 amide bonds. The van der Waals surface area contributed by atoms with Gasteiger partial charge in [0.15, 0.2) is 11.6 Å². The predicted molar refractivity (Wildman–Crippen MR) is 117 cm³/mol. The molecule has 1 aliphatic rings. The summed E-state index contributed by atoms with van der Waals surface area (Å²) in [5.41, 5.74) is 0.717. The Labute approximate surface area is 180 Å². The lowest BCUT2D eigenvalue weighted by Gasteiger charge is -2.29. The van der Waals surface area contributed by atoms with Crippen LogP contribution in [-0.4, -0.2) is 60.4 Å². The molecule has 3 heterocycles. The van der Waals surface area contributed by atoms with Gasteiger partial charge in [-0.05, 0) is 38.0 Å². The van der Waals surface area contributed by atoms with Crippen LogP contribution < -0.4 is 15.4 Å². The van der Waals surface area contributed by atoms with Gasteiger partial charge in [-0.3, -0.25) is 10.3 Å². The summed E-state index contributed by atoms with van der Waals surface area (Å²) in [4.78, 5) is 21.2. The number of amides is 2. The minimum absolute atomic E-state index is 0.274. The number of carbonyl (C=O) groups excluding carboxylic acids is 1. The summed E-state index contributed by atoms with van der Waals surface area (Å²) in [5.74, 6) is 1.28. The molecule has 0 atom stereocenters. The summed E-state index contributed by atoms with van der Waals surface area (Å²) >= 11 is 1.63. The van der Waals surface area contributed by atoms with Gasteiger partial charge in [0.25, 0.3) is 0 Å². The number of pyridine rings is 2. The first-order valence-electron chi connectivity index (χ1n) is 9.46. The van der Waals surface area contributed by atoms with Crippen LogP contribution in [-0.2, 0) is 10.0 Å². The average Bonchev–Trinajstić information content (AvgIpc) is 2.71. The first-order chi connectivity index (χ1) is 14.3. The van der Waals surface area contributed by atoms with Crippen LogP contribution in [0.2, 0.25) is 0 Å². The molecule has 0 radical (unpaired) electrons. The minimum Gasteiger partial charge on any atom is -0.452 e. The Morgan fingerprint density at radius 3 is 2.63 bits per heavy atom. The van der Waals surface area contributed by atoms with Crippen LogP contribution in [0.15, 0.2) is 35.5 Å². The molecule has 0 spiro atoms. The molecule has 1 fully saturated rings. The van der Waals surface area contributed by atoms with Gasteiger partial charge in [-0.1, -0.05) is 0 Å². The molecule has 0 aliphatic carbocycles. The second-order valence-electron chi connectivity index (χ2n) is 6.89. The van der Waals surface area contributed by atoms with Crippen LogP contribution in [0.5, 0.6) is 11.5 Å². The van der Waals surface area contributed by atoms with Crippen molar-refractivity contribution in [1.82, 2.24) is 19.6 Å². The van der Waals surface area contributed by atoms with Gasteiger partial charge in [-0.15, -0.1) is 11.8 Å². The van der Waals surface area contributed by atoms with E-state index in [-0.39, 0.29) is 5.25 Å². The number of aryl methyl sites for hydroxylation is 1. The average molecular weight is 452 g/mol. The molecule has 11 heteroatoms. The highest BCUT2D eigenvalue weighted by Crippen LogP contribution is 2.36. The number of thioether (sulfide) groups is 1. The zero-order valence-corrected chi connectivity index (χ0v) is 18.7. The van der Waals surface area contributed by atoms with Gasteiger partial charge in [0.1, 0.15) is 5.75 Å². The van der Waals surface area contributed by atoms with Crippen molar-refractivity contribution in [3.8, 4) is 11.5 Å². The molecule has 162 valence electrons. The number of sulfonamides is 1. The van der Waals surface area contributed by atoms with Gasteiger partial charge in [0.05, 0.1) is 11.9 Å². The third kappa shape index (κ3) is 5.83. The number of nitrogens with zero attached hydrogens (tertiary/aromatic N) is 3. The first kappa shape index (κ1) is 22.3. The maximum absolute atomic E-state index is 11.8. The van der Waals surface area contributed by atoms with Crippen molar-refractivity contribution >= 4 is 33.6 Å². The molecular formula is C19H25N5O4S2. The zero-order valence-electron chi connectivity index (χ0n) is 17.1. The van der Waals surface area contributed by atoms with E-state index in [2.05, 4.69) is 20.6 Å². The molecule has 9 nitrogen and oxygen atoms in total. The largest absolute Gasteiger partial charge is 0.452 e. The van der Waals surface area contributed by atoms with E-state index in [1.54, 1.807) is 36.3 Å². The number of urea groups is 1. The number of hydrogen-bond acceptors (Lipinski definition) is 7. The van der Waals surface area contributed by atoms with E-state index in [1.807, 2.05) is 13.0 Å². The van der Waals surface area contributed by atoms with Crippen LogP contribution >= 0.6 is 11.8 Å². The molecule has 0 bridgehead atoms. The fourth-order valence-corrected chi connectivity index (χ4v) is 5.00. The molecular weight excluding hydrogens is 426 g/mol. The van der Waals surface area contributed by atoms with Gasteiger partial charge >= 0.3 is 6.03 Å². The van der Waals surface area contributed by atoms with Crippen LogP contribution in [0.3, 0.4) is 0 Å². The lowest BCUT2D eigenvalue weighted by Crippen LogP contribution is -2.38. The van der Waals surface area contributed by atoms with Crippen LogP contribution in [0.1, 0.15) is 18.5 Å². The number of hydrogen-bond donors (Lipinski definition) is 2. The summed E-state index contributed by atoms with van der Waals surface area (Å²) in [6.07, 6.45) is 6.12. The number of piperidine rings is 1. The second kappa shape index (κ2) is 9.63. The Morgan fingerprint density at radius 2 is 2.00 bits per heavy atom. The summed E-state index contributed by atoms with van der Waals surface area (Å²) < 4.78 is 30.9. The Hall–Kier alpha value is -2.37. The smallest absolute Gasteiger partial charge is 0.320 e. The van der Waals surface area contributed by atoms with E-state index < -0.39 is 16.1 Å². The van der Waals surface area contributed by atoms with Gasteiger partial charge in [-0.25, -0.2) is 22.5 Å². The van der Waals surface area contributed by atoms with E-state index in [0.29, 0.717) is 30.4 Å². The number of ether oxygens (including phenoxy) is 1. The lowest BCUT2D eigenvalue weighted by molar-refractivity contribution is 0.253. The summed E-state index contributed by atoms with van der Waals surface area (Å²) in [5, 5.41) is 5.43. The highest BCUT2D eigenvalue weighted by atomic mass is 32.2. The Kier molecular flexibility index (Phi) is 7.16. The van der Waals surface area contributed by atoms with E-state index in [1.165, 1.54) is 17.6 Å². The van der Waals surface area contributed by atoms with E-state index in [9.17, 15) is 13.2 Å². The number of nitrogens with one attached hydrogen (secondary N) is 2. The lowest BCUT2D eigenvalue weighted by atomic mass is 10.2. The van der Waals surface area contributed by atoms with E-state index >= 15 is 0 Å². The van der Waals surface area contributed by atoms with Crippen molar-refractivity contribution in [1.29, 1.82) is 0 Å². The number of rotatable bonds is 6. The predicted octanol–water partition coefficient (Wildman–Crippen LogP) is 2.84. The molecule has 0 saturated carbocycles. The molecule has 3 rings (SSSR count). The molecule has 2 aromatic heterocycles. The third-order valence-electron chi connectivity index (χ3n) is 4.64. The molecule has 2 N–H and O–H groups in total. The zero-order chi connectivity index (χ0) is 21.7. The molecule has 2 aromatic rings. The maximum atomic E-state index is 11.8. The van der Waals surface area contributed by atoms with Crippen molar-refractivity contribution in [3.63, 3.8) is 0 Å². The molecule has 1 aliphatic heterocycles. The Morgan fingerprint density at radius 1 is 1.27 bits per heavy atom. The summed E-state index contributed by atoms with van der Waals surface area (Å²) in [6.45, 7) is 2.86. The minimum atomic E-state index is -3.15. The number of anilines is 1. The quantitative estimate of drug-likeness (QED) is 0.694. The van der Waals surface area contributed by atoms with Crippen molar-refractivity contribution in [2.24, 2.45) is 0 Å². The van der Waals surface area contributed by atoms with Gasteiger partial charge in [0.2, 0.25) is 10.0 Å². The monoisotopic (exact) mass is 451 g/mol. The second-order valence-corrected chi connectivity index (χ2v) is 10.2. The van der Waals surface area contributed by atoms with Gasteiger partial charge in [-0.2, -0.15) is 0 Å². The van der Waals surface area contributed by atoms with Crippen molar-refractivity contribution in [3.05, 3.63) is 36.3 Å². The SMILES string of the molecule is CNC(=O)Nc1ncc(SC2CCN(S(C)(=O)=O)CC2)cc1Oc1cccnc1C. The van der Waals surface area contributed by atoms with Crippen molar-refractivity contribution in [2.45, 2.75) is 29.9 Å². The van der Waals surface area contributed by atoms with Crippen LogP contribution in [0.4, 0.5) is 10.6 Å². The number of aromatic nitrogens is 2. The standard InChI is InChI=1S/C19H25N5O4S2/c1-13-16(5-4-8-21-13)28-17-11-15(12-22-18(17)23-19(25)20-2)29-14-6-9-24(10-7-14)30(3,26)27/h4-5,8,11-12,14H,6-7,9-10H2,1-3H3,(H2,20,22,23,25). The highest BCUT2D eigenvalue weighted by molar-refractivity contribution is 8.00. The maximum Gasteiger partial charge on any atom is 0.320 e. The Balaban J connectivity index is 1.77. The summed E-state index contributed by atoms with van der Waals surface area (Å²) in [6, 6.07) is 5.00. The molecule has 30 heavy (non-hydrogen) atoms. The molecule has 0 aromatic carbocycles. The molecule has 0 unspecified atom stereocenters. The first-order valence-corrected chi connectivity index (χ1v) is 12.2. The van der Waals surface area contributed by atoms with Crippen molar-refractivity contribution in [2.75, 3.05) is 31.7 Å². The fourth-order valence-electron chi connectivity index (χ4n) is 3.00. The number of carbonyl (C=O) groups is 1. The van der Waals surface area contributed by atoms with Gasteiger partial charge in [0, 0.05) is 42.7 Å². The van der Waals surface area contributed by atoms with Crippen LogP contribution in [0, 0.1) is 6.92 Å². The van der Waals surface area contributed by atoms with Crippen molar-refractivity contribution < 1.29 is 17.9 Å². The highest BCUT2D eigenvalue weighted by Gasteiger charge is 2.26. The van der Waals surface area contributed by atoms with E-state index in [0.717, 1.165) is 23.4 Å². The van der Waals surface area contributed by atoms with Gasteiger partial charge < -0.3 is 10.1 Å². The molecule has 1 saturated heterocycles. The Bertz CT molecular complexity index is 1010.